The lowest BCUT2D eigenvalue weighted by Crippen LogP contribution is -2.55. The molecule has 1 aliphatic heterocycles. The van der Waals surface area contributed by atoms with E-state index in [1.54, 1.807) is 0 Å². The van der Waals surface area contributed by atoms with E-state index in [0.717, 1.165) is 50.0 Å². The molecule has 23 heavy (non-hydrogen) atoms. The average molecular weight is 320 g/mol. The third-order valence-corrected chi connectivity index (χ3v) is 5.02. The zero-order valence-corrected chi connectivity index (χ0v) is 13.9. The lowest BCUT2D eigenvalue weighted by Gasteiger charge is -2.36. The number of methoxy groups -OCH3 is 1. The Morgan fingerprint density at radius 3 is 3.04 bits per heavy atom. The average Bonchev–Trinajstić information content (AvgIpc) is 3.03. The fourth-order valence-corrected chi connectivity index (χ4v) is 3.78. The molecule has 1 heterocycles. The van der Waals surface area contributed by atoms with Gasteiger partial charge in [0.15, 0.2) is 0 Å². The van der Waals surface area contributed by atoms with Crippen LogP contribution < -0.4 is 5.32 Å². The first-order valence-electron chi connectivity index (χ1n) is 8.44. The fraction of sp³-hybridized carbons (Fsp3) is 0.611. The predicted molar refractivity (Wildman–Crippen MR) is 87.0 cm³/mol. The maximum atomic E-state index is 14.8. The van der Waals surface area contributed by atoms with E-state index in [2.05, 4.69) is 17.1 Å². The number of fused-ring (bicyclic) bond motifs is 1. The molecule has 4 nitrogen and oxygen atoms in total. The zero-order valence-electron chi connectivity index (χ0n) is 13.9. The van der Waals surface area contributed by atoms with Crippen LogP contribution in [-0.4, -0.2) is 49.7 Å². The van der Waals surface area contributed by atoms with E-state index in [1.165, 1.54) is 7.11 Å². The molecule has 5 heteroatoms. The number of nitrogens with zero attached hydrogens (tertiary/aromatic N) is 1. The van der Waals surface area contributed by atoms with E-state index in [9.17, 15) is 9.18 Å². The molecular weight excluding hydrogens is 295 g/mol. The third kappa shape index (κ3) is 3.40. The maximum absolute atomic E-state index is 14.8. The smallest absolute Gasteiger partial charge is 0.323 e. The van der Waals surface area contributed by atoms with Crippen molar-refractivity contribution in [2.24, 2.45) is 0 Å². The predicted octanol–water partition coefficient (Wildman–Crippen LogP) is 1.69. The molecule has 1 N–H and O–H groups in total. The number of halogens is 1. The minimum Gasteiger partial charge on any atom is -0.468 e. The summed E-state index contributed by atoms with van der Waals surface area (Å²) in [6.07, 6.45) is 3.16. The first kappa shape index (κ1) is 16.4. The summed E-state index contributed by atoms with van der Waals surface area (Å²) >= 11 is 0. The highest BCUT2D eigenvalue weighted by Crippen LogP contribution is 2.28. The molecule has 126 valence electrons. The SMILES string of the molecule is COC(=O)[C@H](Cc1ccc2c(c1F)CCC2)N1CCN[C@@H](C)C1. The number of carbonyl (C=O) groups is 1. The highest BCUT2D eigenvalue weighted by molar-refractivity contribution is 5.76. The number of carbonyl (C=O) groups excluding carboxylic acids is 1. The minimum atomic E-state index is -0.418. The van der Waals surface area contributed by atoms with E-state index < -0.39 is 6.04 Å². The fourth-order valence-electron chi connectivity index (χ4n) is 3.78. The standard InChI is InChI=1S/C18H25FN2O2/c1-12-11-21(9-8-20-12)16(18(22)23-2)10-14-7-6-13-4-3-5-15(13)17(14)19/h6-7,12,16,20H,3-5,8-11H2,1-2H3/t12-,16-/m0/s1. The summed E-state index contributed by atoms with van der Waals surface area (Å²) < 4.78 is 19.7. The number of esters is 1. The number of benzene rings is 1. The van der Waals surface area contributed by atoms with Crippen molar-refractivity contribution in [3.05, 3.63) is 34.6 Å². The molecule has 0 bridgehead atoms. The van der Waals surface area contributed by atoms with Crippen molar-refractivity contribution in [1.82, 2.24) is 10.2 Å². The molecule has 0 amide bonds. The lowest BCUT2D eigenvalue weighted by molar-refractivity contribution is -0.147. The molecule has 1 fully saturated rings. The van der Waals surface area contributed by atoms with Gasteiger partial charge >= 0.3 is 5.97 Å². The Kier molecular flexibility index (Phi) is 4.97. The molecule has 1 aliphatic carbocycles. The highest BCUT2D eigenvalue weighted by Gasteiger charge is 2.31. The molecule has 2 atom stereocenters. The summed E-state index contributed by atoms with van der Waals surface area (Å²) in [7, 11) is 1.40. The quantitative estimate of drug-likeness (QED) is 0.857. The van der Waals surface area contributed by atoms with Gasteiger partial charge in [0.2, 0.25) is 0 Å². The van der Waals surface area contributed by atoms with Crippen molar-refractivity contribution in [3.63, 3.8) is 0 Å². The van der Waals surface area contributed by atoms with Crippen molar-refractivity contribution >= 4 is 5.97 Å². The van der Waals surface area contributed by atoms with Crippen LogP contribution in [0.25, 0.3) is 0 Å². The molecule has 1 aromatic carbocycles. The largest absolute Gasteiger partial charge is 0.468 e. The molecule has 0 unspecified atom stereocenters. The van der Waals surface area contributed by atoms with Gasteiger partial charge in [-0.15, -0.1) is 0 Å². The number of rotatable bonds is 4. The van der Waals surface area contributed by atoms with E-state index in [1.807, 2.05) is 12.1 Å². The van der Waals surface area contributed by atoms with Gasteiger partial charge in [-0.05, 0) is 42.9 Å². The van der Waals surface area contributed by atoms with Crippen LogP contribution in [0.15, 0.2) is 12.1 Å². The van der Waals surface area contributed by atoms with Crippen molar-refractivity contribution in [2.75, 3.05) is 26.7 Å². The van der Waals surface area contributed by atoms with Crippen molar-refractivity contribution in [2.45, 2.75) is 44.7 Å². The molecule has 1 saturated heterocycles. The van der Waals surface area contributed by atoms with Crippen LogP contribution in [0.4, 0.5) is 4.39 Å². The monoisotopic (exact) mass is 320 g/mol. The van der Waals surface area contributed by atoms with Crippen LogP contribution in [0.1, 0.15) is 30.0 Å². The van der Waals surface area contributed by atoms with Crippen LogP contribution in [0.5, 0.6) is 0 Å². The molecular formula is C18H25FN2O2. The Morgan fingerprint density at radius 1 is 1.48 bits per heavy atom. The highest BCUT2D eigenvalue weighted by atomic mass is 19.1. The Labute approximate surface area is 137 Å². The number of hydrogen-bond donors (Lipinski definition) is 1. The first-order chi connectivity index (χ1) is 11.1. The van der Waals surface area contributed by atoms with Gasteiger partial charge in [0.1, 0.15) is 11.9 Å². The summed E-state index contributed by atoms with van der Waals surface area (Å²) in [5.41, 5.74) is 2.60. The van der Waals surface area contributed by atoms with Crippen LogP contribution in [0.3, 0.4) is 0 Å². The first-order valence-corrected chi connectivity index (χ1v) is 8.44. The Morgan fingerprint density at radius 2 is 2.30 bits per heavy atom. The summed E-state index contributed by atoms with van der Waals surface area (Å²) in [5.74, 6) is -0.393. The number of nitrogens with one attached hydrogen (secondary N) is 1. The molecule has 0 saturated carbocycles. The number of aryl methyl sites for hydroxylation is 1. The Hall–Kier alpha value is -1.46. The Bertz CT molecular complexity index is 591. The maximum Gasteiger partial charge on any atom is 0.323 e. The van der Waals surface area contributed by atoms with Crippen LogP contribution >= 0.6 is 0 Å². The Balaban J connectivity index is 1.83. The van der Waals surface area contributed by atoms with Crippen LogP contribution in [0.2, 0.25) is 0 Å². The molecule has 2 aliphatic rings. The molecule has 3 rings (SSSR count). The zero-order chi connectivity index (χ0) is 16.4. The van der Waals surface area contributed by atoms with Crippen LogP contribution in [0, 0.1) is 5.82 Å². The summed E-state index contributed by atoms with van der Waals surface area (Å²) in [6.45, 7) is 4.47. The van der Waals surface area contributed by atoms with Gasteiger partial charge in [0.05, 0.1) is 7.11 Å². The molecule has 0 spiro atoms. The second kappa shape index (κ2) is 6.97. The van der Waals surface area contributed by atoms with E-state index >= 15 is 0 Å². The lowest BCUT2D eigenvalue weighted by atomic mass is 9.98. The van der Waals surface area contributed by atoms with Gasteiger partial charge in [-0.25, -0.2) is 4.39 Å². The molecule has 0 radical (unpaired) electrons. The van der Waals surface area contributed by atoms with Crippen molar-refractivity contribution in [1.29, 1.82) is 0 Å². The normalized spacial score (nSPS) is 22.7. The van der Waals surface area contributed by atoms with Gasteiger partial charge in [0, 0.05) is 32.1 Å². The van der Waals surface area contributed by atoms with E-state index in [-0.39, 0.29) is 11.8 Å². The summed E-state index contributed by atoms with van der Waals surface area (Å²) in [5, 5.41) is 3.37. The summed E-state index contributed by atoms with van der Waals surface area (Å²) in [4.78, 5) is 14.4. The summed E-state index contributed by atoms with van der Waals surface area (Å²) in [6, 6.07) is 3.77. The second-order valence-electron chi connectivity index (χ2n) is 6.62. The topological polar surface area (TPSA) is 41.6 Å². The van der Waals surface area contributed by atoms with Crippen LogP contribution in [-0.2, 0) is 28.8 Å². The van der Waals surface area contributed by atoms with Crippen molar-refractivity contribution < 1.29 is 13.9 Å². The molecule has 1 aromatic rings. The van der Waals surface area contributed by atoms with Gasteiger partial charge in [-0.3, -0.25) is 9.69 Å². The minimum absolute atomic E-state index is 0.114. The number of hydrogen-bond acceptors (Lipinski definition) is 4. The van der Waals surface area contributed by atoms with Gasteiger partial charge in [-0.2, -0.15) is 0 Å². The van der Waals surface area contributed by atoms with E-state index in [4.69, 9.17) is 4.74 Å². The van der Waals surface area contributed by atoms with Gasteiger partial charge in [0.25, 0.3) is 0 Å². The third-order valence-electron chi connectivity index (χ3n) is 5.02. The number of piperazine rings is 1. The second-order valence-corrected chi connectivity index (χ2v) is 6.62. The number of ether oxygens (including phenoxy) is 1. The van der Waals surface area contributed by atoms with Crippen molar-refractivity contribution in [3.8, 4) is 0 Å². The van der Waals surface area contributed by atoms with Gasteiger partial charge in [-0.1, -0.05) is 12.1 Å². The van der Waals surface area contributed by atoms with Gasteiger partial charge < -0.3 is 10.1 Å². The molecule has 0 aromatic heterocycles. The van der Waals surface area contributed by atoms with E-state index in [0.29, 0.717) is 18.0 Å².